The van der Waals surface area contributed by atoms with E-state index in [1.165, 1.54) is 0 Å². The molecule has 2 aromatic rings. The van der Waals surface area contributed by atoms with Crippen molar-refractivity contribution in [1.82, 2.24) is 14.5 Å². The third kappa shape index (κ3) is 2.48. The minimum Gasteiger partial charge on any atom is -0.378 e. The number of nitrogens with zero attached hydrogens (tertiary/aromatic N) is 3. The topological polar surface area (TPSA) is 47.4 Å². The van der Waals surface area contributed by atoms with E-state index < -0.39 is 0 Å². The van der Waals surface area contributed by atoms with Crippen LogP contribution in [0.2, 0.25) is 5.02 Å². The maximum Gasteiger partial charge on any atom is 0.225 e. The van der Waals surface area contributed by atoms with Crippen LogP contribution in [-0.2, 0) is 22.6 Å². The minimum absolute atomic E-state index is 0.112. The molecule has 2 aliphatic rings. The van der Waals surface area contributed by atoms with Crippen molar-refractivity contribution < 1.29 is 9.53 Å². The first kappa shape index (κ1) is 14.0. The average Bonchev–Trinajstić information content (AvgIpc) is 3.12. The first-order valence-electron chi connectivity index (χ1n) is 7.74. The number of carbonyl (C=O) groups is 1. The van der Waals surface area contributed by atoms with Crippen LogP contribution in [0.15, 0.2) is 18.3 Å². The minimum atomic E-state index is 0.112. The maximum absolute atomic E-state index is 12.4. The van der Waals surface area contributed by atoms with Gasteiger partial charge in [0.25, 0.3) is 0 Å². The molecule has 6 heteroatoms. The highest BCUT2D eigenvalue weighted by molar-refractivity contribution is 6.31. The van der Waals surface area contributed by atoms with Gasteiger partial charge >= 0.3 is 0 Å². The van der Waals surface area contributed by atoms with Crippen LogP contribution in [0.1, 0.15) is 25.0 Å². The van der Waals surface area contributed by atoms with Crippen LogP contribution in [0, 0.1) is 0 Å². The second-order valence-corrected chi connectivity index (χ2v) is 6.44. The molecule has 2 aliphatic heterocycles. The highest BCUT2D eigenvalue weighted by atomic mass is 35.5. The molecule has 0 bridgehead atoms. The summed E-state index contributed by atoms with van der Waals surface area (Å²) in [5, 5.41) is 1.68. The van der Waals surface area contributed by atoms with E-state index >= 15 is 0 Å². The summed E-state index contributed by atoms with van der Waals surface area (Å²) in [6.45, 7) is 2.94. The van der Waals surface area contributed by atoms with Gasteiger partial charge in [-0.1, -0.05) is 11.6 Å². The first-order chi connectivity index (χ1) is 10.7. The van der Waals surface area contributed by atoms with E-state index in [9.17, 15) is 4.79 Å². The van der Waals surface area contributed by atoms with Crippen molar-refractivity contribution >= 4 is 28.5 Å². The molecule has 0 saturated carbocycles. The van der Waals surface area contributed by atoms with Crippen molar-refractivity contribution in [3.05, 3.63) is 29.0 Å². The molecule has 4 rings (SSSR count). The van der Waals surface area contributed by atoms with Gasteiger partial charge in [0, 0.05) is 37.0 Å². The van der Waals surface area contributed by atoms with Crippen LogP contribution in [0.4, 0.5) is 0 Å². The largest absolute Gasteiger partial charge is 0.378 e. The molecule has 0 radical (unpaired) electrons. The van der Waals surface area contributed by atoms with Gasteiger partial charge in [-0.25, -0.2) is 4.98 Å². The van der Waals surface area contributed by atoms with Crippen LogP contribution in [-0.4, -0.2) is 39.6 Å². The monoisotopic (exact) mass is 319 g/mol. The number of carbonyl (C=O) groups excluding carboxylic acids is 1. The first-order valence-corrected chi connectivity index (χ1v) is 8.11. The number of amides is 1. The summed E-state index contributed by atoms with van der Waals surface area (Å²) in [4.78, 5) is 18.8. The zero-order chi connectivity index (χ0) is 15.1. The van der Waals surface area contributed by atoms with Gasteiger partial charge in [0.2, 0.25) is 5.91 Å². The molecule has 0 N–H and O–H groups in total. The molecule has 1 amide bonds. The van der Waals surface area contributed by atoms with Gasteiger partial charge in [-0.15, -0.1) is 0 Å². The molecule has 116 valence electrons. The molecular formula is C16H18ClN3O2. The summed E-state index contributed by atoms with van der Waals surface area (Å²) < 4.78 is 7.75. The summed E-state index contributed by atoms with van der Waals surface area (Å²) in [7, 11) is 0. The molecule has 5 nitrogen and oxygen atoms in total. The van der Waals surface area contributed by atoms with Crippen LogP contribution in [0.25, 0.3) is 11.0 Å². The number of hydrogen-bond donors (Lipinski definition) is 0. The van der Waals surface area contributed by atoms with E-state index in [-0.39, 0.29) is 12.0 Å². The molecule has 0 aromatic carbocycles. The quantitative estimate of drug-likeness (QED) is 0.855. The van der Waals surface area contributed by atoms with E-state index in [2.05, 4.69) is 15.6 Å². The Morgan fingerprint density at radius 1 is 1.41 bits per heavy atom. The molecule has 1 saturated heterocycles. The Balaban J connectivity index is 1.53. The lowest BCUT2D eigenvalue weighted by atomic mass is 10.1. The summed E-state index contributed by atoms with van der Waals surface area (Å²) in [5.41, 5.74) is 2.07. The Morgan fingerprint density at radius 3 is 3.14 bits per heavy atom. The molecule has 22 heavy (non-hydrogen) atoms. The summed E-state index contributed by atoms with van der Waals surface area (Å²) in [5.74, 6) is 0.189. The van der Waals surface area contributed by atoms with Crippen molar-refractivity contribution in [2.24, 2.45) is 0 Å². The fourth-order valence-corrected chi connectivity index (χ4v) is 3.56. The average molecular weight is 320 g/mol. The summed E-state index contributed by atoms with van der Waals surface area (Å²) >= 11 is 6.01. The number of rotatable bonds is 2. The second kappa shape index (κ2) is 5.56. The standard InChI is InChI=1S/C16H18ClN3O2/c17-12-6-11-7-13-10-19(3-4-20(13)16(11)18-9-12)15(21)8-14-2-1-5-22-14/h6-7,9,14H,1-5,8,10H2. The van der Waals surface area contributed by atoms with Gasteiger partial charge in [-0.3, -0.25) is 4.79 Å². The van der Waals surface area contributed by atoms with E-state index in [1.54, 1.807) is 6.20 Å². The SMILES string of the molecule is O=C(CC1CCCO1)N1CCn2c(cc3cc(Cl)cnc32)C1. The number of aromatic nitrogens is 2. The molecule has 1 fully saturated rings. The Bertz CT molecular complexity index is 721. The maximum atomic E-state index is 12.4. The van der Waals surface area contributed by atoms with Gasteiger partial charge in [-0.2, -0.15) is 0 Å². The number of hydrogen-bond acceptors (Lipinski definition) is 3. The van der Waals surface area contributed by atoms with E-state index in [4.69, 9.17) is 16.3 Å². The summed E-state index contributed by atoms with van der Waals surface area (Å²) in [6, 6.07) is 4.01. The van der Waals surface area contributed by atoms with Gasteiger partial charge in [0.15, 0.2) is 0 Å². The predicted octanol–water partition coefficient (Wildman–Crippen LogP) is 2.60. The van der Waals surface area contributed by atoms with Crippen molar-refractivity contribution in [2.45, 2.75) is 38.5 Å². The normalized spacial score (nSPS) is 21.3. The third-order valence-corrected chi connectivity index (χ3v) is 4.72. The molecule has 0 spiro atoms. The highest BCUT2D eigenvalue weighted by Gasteiger charge is 2.26. The van der Waals surface area contributed by atoms with E-state index in [0.717, 1.165) is 49.3 Å². The van der Waals surface area contributed by atoms with Crippen molar-refractivity contribution in [1.29, 1.82) is 0 Å². The molecule has 0 aliphatic carbocycles. The zero-order valence-electron chi connectivity index (χ0n) is 12.3. The summed E-state index contributed by atoms with van der Waals surface area (Å²) in [6.07, 6.45) is 4.36. The van der Waals surface area contributed by atoms with Crippen LogP contribution >= 0.6 is 11.6 Å². The van der Waals surface area contributed by atoms with E-state index in [0.29, 0.717) is 18.0 Å². The fourth-order valence-electron chi connectivity index (χ4n) is 3.39. The molecule has 2 aromatic heterocycles. The van der Waals surface area contributed by atoms with Crippen molar-refractivity contribution in [3.63, 3.8) is 0 Å². The Kier molecular flexibility index (Phi) is 3.54. The zero-order valence-corrected chi connectivity index (χ0v) is 13.1. The van der Waals surface area contributed by atoms with E-state index in [1.807, 2.05) is 11.0 Å². The lowest BCUT2D eigenvalue weighted by molar-refractivity contribution is -0.134. The van der Waals surface area contributed by atoms with Gasteiger partial charge in [0.1, 0.15) is 5.65 Å². The molecule has 1 unspecified atom stereocenters. The predicted molar refractivity (Wildman–Crippen MR) is 83.8 cm³/mol. The lowest BCUT2D eigenvalue weighted by Gasteiger charge is -2.29. The smallest absolute Gasteiger partial charge is 0.225 e. The Morgan fingerprint density at radius 2 is 2.32 bits per heavy atom. The van der Waals surface area contributed by atoms with Gasteiger partial charge in [0.05, 0.1) is 24.1 Å². The Hall–Kier alpha value is -1.59. The second-order valence-electron chi connectivity index (χ2n) is 6.01. The number of ether oxygens (including phenoxy) is 1. The van der Waals surface area contributed by atoms with Crippen molar-refractivity contribution in [3.8, 4) is 0 Å². The van der Waals surface area contributed by atoms with Crippen LogP contribution in [0.5, 0.6) is 0 Å². The van der Waals surface area contributed by atoms with Gasteiger partial charge in [-0.05, 0) is 25.0 Å². The highest BCUT2D eigenvalue weighted by Crippen LogP contribution is 2.25. The number of pyridine rings is 1. The third-order valence-electron chi connectivity index (χ3n) is 4.51. The molecule has 1 atom stereocenters. The lowest BCUT2D eigenvalue weighted by Crippen LogP contribution is -2.39. The molecular weight excluding hydrogens is 302 g/mol. The van der Waals surface area contributed by atoms with Crippen molar-refractivity contribution in [2.75, 3.05) is 13.2 Å². The van der Waals surface area contributed by atoms with Gasteiger partial charge < -0.3 is 14.2 Å². The van der Waals surface area contributed by atoms with Crippen LogP contribution < -0.4 is 0 Å². The fraction of sp³-hybridized carbons (Fsp3) is 0.500. The Labute approximate surface area is 133 Å². The number of fused-ring (bicyclic) bond motifs is 3. The molecule has 4 heterocycles. The number of halogens is 1. The van der Waals surface area contributed by atoms with Crippen LogP contribution in [0.3, 0.4) is 0 Å².